The van der Waals surface area contributed by atoms with Crippen LogP contribution in [0.3, 0.4) is 0 Å². The summed E-state index contributed by atoms with van der Waals surface area (Å²) in [6.07, 6.45) is 2.33. The Balaban J connectivity index is 1.80. The van der Waals surface area contributed by atoms with Crippen LogP contribution in [0.1, 0.15) is 22.9 Å². The van der Waals surface area contributed by atoms with Crippen LogP contribution < -0.4 is 10.0 Å². The van der Waals surface area contributed by atoms with Gasteiger partial charge in [0.1, 0.15) is 11.0 Å². The number of rotatable bonds is 4. The Hall–Kier alpha value is -2.27. The maximum atomic E-state index is 12.4. The minimum atomic E-state index is -3.78. The molecular weight excluding hydrogens is 312 g/mol. The Bertz CT molecular complexity index is 858. The summed E-state index contributed by atoms with van der Waals surface area (Å²) in [7, 11) is -3.78. The molecule has 0 aliphatic carbocycles. The Kier molecular flexibility index (Phi) is 4.39. The fourth-order valence-corrected chi connectivity index (χ4v) is 3.89. The number of nitrogens with zero attached hydrogens (tertiary/aromatic N) is 2. The summed E-state index contributed by atoms with van der Waals surface area (Å²) in [5.41, 5.74) is 2.24. The minimum Gasteiger partial charge on any atom is -0.308 e. The Labute approximate surface area is 135 Å². The number of benzene rings is 1. The zero-order valence-corrected chi connectivity index (χ0v) is 13.2. The number of hydrogen-bond donors (Lipinski definition) is 2. The third-order valence-electron chi connectivity index (χ3n) is 3.86. The lowest BCUT2D eigenvalue weighted by Crippen LogP contribution is -2.39. The standard InChI is InChI=1S/C16H16N4O2S/c17-10-14-16(6-3-8-18-14)23(21,22)20-11-15-13-5-2-1-4-12(13)7-9-19-15/h1-6,8,15,19-20H,7,9,11H2. The summed E-state index contributed by atoms with van der Waals surface area (Å²) in [6, 6.07) is 12.6. The second-order valence-electron chi connectivity index (χ2n) is 5.27. The van der Waals surface area contributed by atoms with Gasteiger partial charge in [-0.2, -0.15) is 5.26 Å². The van der Waals surface area contributed by atoms with Crippen molar-refractivity contribution in [3.63, 3.8) is 0 Å². The lowest BCUT2D eigenvalue weighted by Gasteiger charge is -2.27. The van der Waals surface area contributed by atoms with Crippen molar-refractivity contribution in [1.29, 1.82) is 5.26 Å². The van der Waals surface area contributed by atoms with E-state index in [1.165, 1.54) is 23.9 Å². The van der Waals surface area contributed by atoms with Crippen molar-refractivity contribution < 1.29 is 8.42 Å². The van der Waals surface area contributed by atoms with Crippen molar-refractivity contribution in [2.24, 2.45) is 0 Å². The Morgan fingerprint density at radius 2 is 2.13 bits per heavy atom. The summed E-state index contributed by atoms with van der Waals surface area (Å²) in [5.74, 6) is 0. The van der Waals surface area contributed by atoms with Gasteiger partial charge < -0.3 is 5.32 Å². The van der Waals surface area contributed by atoms with Gasteiger partial charge in [-0.1, -0.05) is 24.3 Å². The van der Waals surface area contributed by atoms with E-state index < -0.39 is 10.0 Å². The van der Waals surface area contributed by atoms with E-state index in [-0.39, 0.29) is 23.2 Å². The van der Waals surface area contributed by atoms with Crippen LogP contribution in [-0.2, 0) is 16.4 Å². The Morgan fingerprint density at radius 1 is 1.30 bits per heavy atom. The van der Waals surface area contributed by atoms with E-state index in [2.05, 4.69) is 21.1 Å². The molecule has 1 atom stereocenters. The molecule has 0 amide bonds. The topological polar surface area (TPSA) is 94.9 Å². The smallest absolute Gasteiger partial charge is 0.243 e. The first-order valence-corrected chi connectivity index (χ1v) is 8.76. The Morgan fingerprint density at radius 3 is 2.96 bits per heavy atom. The van der Waals surface area contributed by atoms with Gasteiger partial charge >= 0.3 is 0 Å². The van der Waals surface area contributed by atoms with Gasteiger partial charge in [0, 0.05) is 18.8 Å². The second kappa shape index (κ2) is 6.46. The maximum Gasteiger partial charge on any atom is 0.243 e. The molecule has 1 aliphatic heterocycles. The van der Waals surface area contributed by atoms with Gasteiger partial charge in [-0.25, -0.2) is 18.1 Å². The first kappa shape index (κ1) is 15.6. The third kappa shape index (κ3) is 3.24. The number of sulfonamides is 1. The molecule has 2 heterocycles. The monoisotopic (exact) mass is 328 g/mol. The molecule has 0 bridgehead atoms. The fraction of sp³-hybridized carbons (Fsp3) is 0.250. The van der Waals surface area contributed by atoms with Crippen molar-refractivity contribution in [1.82, 2.24) is 15.0 Å². The molecule has 1 aliphatic rings. The van der Waals surface area contributed by atoms with Gasteiger partial charge in [0.15, 0.2) is 5.69 Å². The van der Waals surface area contributed by atoms with Gasteiger partial charge in [-0.15, -0.1) is 0 Å². The molecule has 0 radical (unpaired) electrons. The highest BCUT2D eigenvalue weighted by Crippen LogP contribution is 2.22. The van der Waals surface area contributed by atoms with E-state index in [4.69, 9.17) is 5.26 Å². The molecule has 2 aromatic rings. The van der Waals surface area contributed by atoms with Crippen LogP contribution >= 0.6 is 0 Å². The molecule has 0 fully saturated rings. The van der Waals surface area contributed by atoms with Gasteiger partial charge in [0.25, 0.3) is 0 Å². The number of nitrogens with one attached hydrogen (secondary N) is 2. The summed E-state index contributed by atoms with van der Waals surface area (Å²) in [4.78, 5) is 3.71. The lowest BCUT2D eigenvalue weighted by molar-refractivity contribution is 0.491. The van der Waals surface area contributed by atoms with Crippen LogP contribution in [0, 0.1) is 11.3 Å². The van der Waals surface area contributed by atoms with E-state index in [1.54, 1.807) is 0 Å². The van der Waals surface area contributed by atoms with Crippen molar-refractivity contribution in [2.75, 3.05) is 13.1 Å². The molecule has 118 valence electrons. The molecule has 0 spiro atoms. The molecule has 1 unspecified atom stereocenters. The van der Waals surface area contributed by atoms with E-state index in [9.17, 15) is 8.42 Å². The van der Waals surface area contributed by atoms with Crippen LogP contribution in [-0.4, -0.2) is 26.5 Å². The number of nitriles is 1. The van der Waals surface area contributed by atoms with Gasteiger partial charge in [-0.05, 0) is 36.2 Å². The van der Waals surface area contributed by atoms with Crippen molar-refractivity contribution in [2.45, 2.75) is 17.4 Å². The summed E-state index contributed by atoms with van der Waals surface area (Å²) >= 11 is 0. The average Bonchev–Trinajstić information content (AvgIpc) is 2.60. The predicted molar refractivity (Wildman–Crippen MR) is 85.0 cm³/mol. The van der Waals surface area contributed by atoms with E-state index >= 15 is 0 Å². The molecule has 1 aromatic heterocycles. The zero-order valence-electron chi connectivity index (χ0n) is 12.4. The second-order valence-corrected chi connectivity index (χ2v) is 7.00. The molecule has 23 heavy (non-hydrogen) atoms. The first-order valence-electron chi connectivity index (χ1n) is 7.28. The maximum absolute atomic E-state index is 12.4. The van der Waals surface area contributed by atoms with Crippen LogP contribution in [0.5, 0.6) is 0 Å². The molecular formula is C16H16N4O2S. The lowest BCUT2D eigenvalue weighted by atomic mass is 9.95. The first-order chi connectivity index (χ1) is 11.1. The number of hydrogen-bond acceptors (Lipinski definition) is 5. The molecule has 1 aromatic carbocycles. The van der Waals surface area contributed by atoms with Gasteiger partial charge in [-0.3, -0.25) is 0 Å². The highest BCUT2D eigenvalue weighted by atomic mass is 32.2. The van der Waals surface area contributed by atoms with E-state index in [0.717, 1.165) is 18.5 Å². The van der Waals surface area contributed by atoms with Crippen LogP contribution in [0.2, 0.25) is 0 Å². The number of pyridine rings is 1. The van der Waals surface area contributed by atoms with Crippen LogP contribution in [0.25, 0.3) is 0 Å². The van der Waals surface area contributed by atoms with Crippen LogP contribution in [0.4, 0.5) is 0 Å². The number of fused-ring (bicyclic) bond motifs is 1. The largest absolute Gasteiger partial charge is 0.308 e. The molecule has 3 rings (SSSR count). The number of aromatic nitrogens is 1. The SMILES string of the molecule is N#Cc1ncccc1S(=O)(=O)NCC1NCCc2ccccc21. The molecule has 6 nitrogen and oxygen atoms in total. The van der Waals surface area contributed by atoms with E-state index in [0.29, 0.717) is 0 Å². The van der Waals surface area contributed by atoms with Gasteiger partial charge in [0.05, 0.1) is 0 Å². The van der Waals surface area contributed by atoms with E-state index in [1.807, 2.05) is 24.3 Å². The van der Waals surface area contributed by atoms with Crippen LogP contribution in [0.15, 0.2) is 47.5 Å². The highest BCUT2D eigenvalue weighted by Gasteiger charge is 2.24. The fourth-order valence-electron chi connectivity index (χ4n) is 2.74. The van der Waals surface area contributed by atoms with Crippen molar-refractivity contribution >= 4 is 10.0 Å². The predicted octanol–water partition coefficient (Wildman–Crippen LogP) is 1.12. The normalized spacial score (nSPS) is 17.3. The van der Waals surface area contributed by atoms with Crippen molar-refractivity contribution in [3.8, 4) is 6.07 Å². The zero-order chi connectivity index (χ0) is 16.3. The van der Waals surface area contributed by atoms with Gasteiger partial charge in [0.2, 0.25) is 10.0 Å². The highest BCUT2D eigenvalue weighted by molar-refractivity contribution is 7.89. The molecule has 0 saturated heterocycles. The quantitative estimate of drug-likeness (QED) is 0.877. The molecule has 0 saturated carbocycles. The average molecular weight is 328 g/mol. The third-order valence-corrected chi connectivity index (χ3v) is 5.31. The molecule has 2 N–H and O–H groups in total. The summed E-state index contributed by atoms with van der Waals surface area (Å²) in [5, 5.41) is 12.3. The summed E-state index contributed by atoms with van der Waals surface area (Å²) < 4.78 is 27.5. The summed E-state index contributed by atoms with van der Waals surface area (Å²) in [6.45, 7) is 1.03. The van der Waals surface area contributed by atoms with Crippen molar-refractivity contribution in [3.05, 3.63) is 59.4 Å². The molecule has 7 heteroatoms. The minimum absolute atomic E-state index is 0.0862.